The number of rotatable bonds is 18. The van der Waals surface area contributed by atoms with Gasteiger partial charge in [0.05, 0.1) is 0 Å². The van der Waals surface area contributed by atoms with Gasteiger partial charge in [-0.1, -0.05) is 0 Å². The number of aryl methyl sites for hydroxylation is 2. The molecule has 7 heteroatoms. The predicted molar refractivity (Wildman–Crippen MR) is 248 cm³/mol. The number of fused-ring (bicyclic) bond motifs is 2. The first-order chi connectivity index (χ1) is 27.4. The van der Waals surface area contributed by atoms with Gasteiger partial charge in [-0.25, -0.2) is 0 Å². The number of allylic oxidation sites excluding steroid dienone is 2. The van der Waals surface area contributed by atoms with Gasteiger partial charge < -0.3 is 0 Å². The Labute approximate surface area is 369 Å². The van der Waals surface area contributed by atoms with Crippen molar-refractivity contribution in [1.29, 1.82) is 0 Å². The molecule has 0 bridgehead atoms. The Morgan fingerprint density at radius 2 is 0.930 bits per heavy atom. The van der Waals surface area contributed by atoms with Crippen molar-refractivity contribution >= 4 is 55.7 Å². The average Bonchev–Trinajstić information content (AvgIpc) is 4.06. The molecule has 4 aromatic carbocycles. The summed E-state index contributed by atoms with van der Waals surface area (Å²) < 4.78 is 2.40. The third-order valence-corrected chi connectivity index (χ3v) is 57.3. The van der Waals surface area contributed by atoms with Gasteiger partial charge in [0.15, 0.2) is 0 Å². The zero-order valence-corrected chi connectivity index (χ0v) is 43.9. The van der Waals surface area contributed by atoms with Crippen molar-refractivity contribution in [2.24, 2.45) is 10.8 Å². The van der Waals surface area contributed by atoms with E-state index in [0.29, 0.717) is 10.8 Å². The van der Waals surface area contributed by atoms with Gasteiger partial charge in [-0.15, -0.1) is 0 Å². The third-order valence-electron chi connectivity index (χ3n) is 14.1. The molecule has 0 N–H and O–H groups in total. The van der Waals surface area contributed by atoms with E-state index >= 15 is 0 Å². The second-order valence-corrected chi connectivity index (χ2v) is 55.9. The zero-order valence-electron chi connectivity index (χ0n) is 34.5. The Morgan fingerprint density at radius 1 is 0.544 bits per heavy atom. The first-order valence-electron chi connectivity index (χ1n) is 22.1. The van der Waals surface area contributed by atoms with Crippen molar-refractivity contribution in [2.45, 2.75) is 120 Å². The molecule has 300 valence electrons. The standard InChI is InChI=1S/2C24H27.C2H6Si.4ClH.2Zr/c2*1-3-12-24(13-14-24)17-19-15-21-6-5-7-22(23(21)16-19)20-10-8-18(4-2)9-11-20;1-3-2;;;;;;/h2*5-11,15-16H,3-4,12-14,17H2,1-2H3;1-3H2;4*1H;;/q;;;;;;;2*+2/p-4. The summed E-state index contributed by atoms with van der Waals surface area (Å²) in [6.07, 6.45) is 19.8. The van der Waals surface area contributed by atoms with Crippen LogP contribution in [-0.4, -0.2) is 9.52 Å². The van der Waals surface area contributed by atoms with E-state index < -0.39 is 45.3 Å². The molecule has 0 aliphatic heterocycles. The van der Waals surface area contributed by atoms with Crippen LogP contribution in [0.5, 0.6) is 0 Å². The minimum absolute atomic E-state index is 0.192. The normalized spacial score (nSPS) is 20.4. The van der Waals surface area contributed by atoms with Crippen LogP contribution < -0.4 is 0 Å². The molecular weight excluding hydrogens is 953 g/mol. The Morgan fingerprint density at radius 3 is 1.26 bits per heavy atom. The summed E-state index contributed by atoms with van der Waals surface area (Å²) >= 11 is -7.56. The second kappa shape index (κ2) is 17.7. The fraction of sp³-hybridized carbons (Fsp3) is 0.440. The van der Waals surface area contributed by atoms with Crippen LogP contribution >= 0.6 is 34.1 Å². The van der Waals surface area contributed by atoms with Gasteiger partial charge >= 0.3 is 374 Å². The van der Waals surface area contributed by atoms with E-state index in [-0.39, 0.29) is 7.25 Å². The molecule has 2 fully saturated rings. The van der Waals surface area contributed by atoms with Gasteiger partial charge in [0.2, 0.25) is 0 Å². The van der Waals surface area contributed by atoms with Crippen LogP contribution in [0.1, 0.15) is 133 Å². The number of hydrogen-bond acceptors (Lipinski definition) is 0. The Kier molecular flexibility index (Phi) is 13.4. The van der Waals surface area contributed by atoms with Gasteiger partial charge in [0.1, 0.15) is 0 Å². The Bertz CT molecular complexity index is 1990. The first kappa shape index (κ1) is 43.2. The van der Waals surface area contributed by atoms with Crippen LogP contribution in [0.3, 0.4) is 0 Å². The van der Waals surface area contributed by atoms with E-state index in [4.69, 9.17) is 34.1 Å². The quantitative estimate of drug-likeness (QED) is 0.0872. The van der Waals surface area contributed by atoms with Crippen molar-refractivity contribution in [3.63, 3.8) is 0 Å². The van der Waals surface area contributed by atoms with Crippen molar-refractivity contribution in [2.75, 3.05) is 0 Å². The summed E-state index contributed by atoms with van der Waals surface area (Å²) in [5.74, 6) is 0. The van der Waals surface area contributed by atoms with Crippen molar-refractivity contribution < 1.29 is 35.8 Å². The summed E-state index contributed by atoms with van der Waals surface area (Å²) in [6.45, 7) is 9.12. The SMILES string of the molecule is CCCC1(CC2=Cc3c(-c4ccc(CC)cc4)cccc3[CH]2[Zr]([Cl])([Cl])[CH2][SiH2][CH2][Zr]([Cl])([Cl])[CH]2C(CC3(CCC)CC3)=Cc3c(-c4ccc(CC)cc4)cccc32)CC1. The third kappa shape index (κ3) is 9.19. The van der Waals surface area contributed by atoms with Gasteiger partial charge in [0, 0.05) is 0 Å². The van der Waals surface area contributed by atoms with Crippen molar-refractivity contribution in [3.05, 3.63) is 129 Å². The summed E-state index contributed by atoms with van der Waals surface area (Å²) in [7, 11) is 31.1. The predicted octanol–water partition coefficient (Wildman–Crippen LogP) is 16.5. The molecule has 2 saturated carbocycles. The molecule has 2 atom stereocenters. The summed E-state index contributed by atoms with van der Waals surface area (Å²) in [6, 6.07) is 32.1. The summed E-state index contributed by atoms with van der Waals surface area (Å²) in [4.78, 5) is 0. The van der Waals surface area contributed by atoms with E-state index in [1.54, 1.807) is 0 Å². The van der Waals surface area contributed by atoms with Gasteiger partial charge in [-0.05, 0) is 0 Å². The fourth-order valence-corrected chi connectivity index (χ4v) is 55.3. The Balaban J connectivity index is 1.07. The minimum atomic E-state index is -3.78. The van der Waals surface area contributed by atoms with Crippen LogP contribution in [0.2, 0.25) is 7.50 Å². The molecule has 57 heavy (non-hydrogen) atoms. The number of benzene rings is 4. The number of halogens is 4. The molecule has 0 saturated heterocycles. The maximum absolute atomic E-state index is 7.96. The molecule has 2 unspecified atom stereocenters. The molecule has 0 amide bonds. The summed E-state index contributed by atoms with van der Waals surface area (Å²) in [5.41, 5.74) is 17.3. The van der Waals surface area contributed by atoms with Gasteiger partial charge in [-0.2, -0.15) is 0 Å². The molecule has 0 spiro atoms. The average molecular weight is 1010 g/mol. The van der Waals surface area contributed by atoms with Crippen LogP contribution in [0.4, 0.5) is 0 Å². The van der Waals surface area contributed by atoms with Crippen LogP contribution in [0, 0.1) is 10.8 Å². The molecule has 4 aliphatic rings. The molecule has 8 rings (SSSR count). The zero-order chi connectivity index (χ0) is 40.0. The van der Waals surface area contributed by atoms with Crippen molar-refractivity contribution in [1.82, 2.24) is 0 Å². The van der Waals surface area contributed by atoms with Crippen LogP contribution in [0.25, 0.3) is 34.4 Å². The second-order valence-electron chi connectivity index (χ2n) is 18.3. The first-order valence-corrected chi connectivity index (χ1v) is 43.0. The maximum atomic E-state index is 7.96. The monoisotopic (exact) mass is 1010 g/mol. The van der Waals surface area contributed by atoms with Crippen LogP contribution in [0.15, 0.2) is 96.1 Å². The summed E-state index contributed by atoms with van der Waals surface area (Å²) in [5, 5.41) is 0. The van der Waals surface area contributed by atoms with E-state index in [9.17, 15) is 0 Å². The van der Waals surface area contributed by atoms with E-state index in [0.717, 1.165) is 33.2 Å². The van der Waals surface area contributed by atoms with Gasteiger partial charge in [0.25, 0.3) is 0 Å². The Hall–Kier alpha value is -0.497. The van der Waals surface area contributed by atoms with Gasteiger partial charge in [-0.3, -0.25) is 0 Å². The number of hydrogen-bond donors (Lipinski definition) is 0. The molecular formula is C50H60Cl4SiZr2. The molecule has 0 heterocycles. The molecule has 4 aliphatic carbocycles. The van der Waals surface area contributed by atoms with Crippen molar-refractivity contribution in [3.8, 4) is 22.3 Å². The molecule has 0 nitrogen and oxygen atoms in total. The fourth-order valence-electron chi connectivity index (χ4n) is 10.7. The van der Waals surface area contributed by atoms with E-state index in [1.165, 1.54) is 118 Å². The molecule has 4 aromatic rings. The van der Waals surface area contributed by atoms with Crippen LogP contribution in [-0.2, 0) is 48.6 Å². The molecule has 0 aromatic heterocycles. The topological polar surface area (TPSA) is 0 Å². The van der Waals surface area contributed by atoms with E-state index in [2.05, 4.69) is 125 Å². The van der Waals surface area contributed by atoms with E-state index in [1.807, 2.05) is 0 Å². The molecule has 0 radical (unpaired) electrons.